The average molecular weight is 444 g/mol. The van der Waals surface area contributed by atoms with Crippen LogP contribution in [0.25, 0.3) is 6.08 Å². The smallest absolute Gasteiger partial charge is 0.328 e. The number of aryl methyl sites for hydroxylation is 1. The van der Waals surface area contributed by atoms with Crippen LogP contribution in [0.1, 0.15) is 29.0 Å². The molecule has 0 radical (unpaired) electrons. The monoisotopic (exact) mass is 443 g/mol. The van der Waals surface area contributed by atoms with Gasteiger partial charge in [0.2, 0.25) is 10.0 Å². The number of carbonyl (C=O) groups is 1. The number of nitrogens with one attached hydrogen (secondary N) is 1. The van der Waals surface area contributed by atoms with Crippen molar-refractivity contribution >= 4 is 22.1 Å². The molecule has 0 spiro atoms. The summed E-state index contributed by atoms with van der Waals surface area (Å²) in [5.41, 5.74) is 2.49. The zero-order valence-corrected chi connectivity index (χ0v) is 17.7. The van der Waals surface area contributed by atoms with Gasteiger partial charge in [-0.25, -0.2) is 17.9 Å². The molecule has 2 aromatic carbocycles. The second-order valence-electron chi connectivity index (χ2n) is 7.99. The Bertz CT molecular complexity index is 1080. The Kier molecular flexibility index (Phi) is 6.13. The summed E-state index contributed by atoms with van der Waals surface area (Å²) in [6.07, 6.45) is 2.42. The lowest BCUT2D eigenvalue weighted by Gasteiger charge is -2.21. The molecule has 4 rings (SSSR count). The maximum absolute atomic E-state index is 12.5. The van der Waals surface area contributed by atoms with Gasteiger partial charge < -0.3 is 14.9 Å². The van der Waals surface area contributed by atoms with Crippen LogP contribution in [0.5, 0.6) is 5.75 Å². The maximum Gasteiger partial charge on any atom is 0.328 e. The highest BCUT2D eigenvalue weighted by molar-refractivity contribution is 7.89. The Hall–Kier alpha value is -2.68. The number of aliphatic hydroxyl groups excluding tert-OH is 1. The van der Waals surface area contributed by atoms with Crippen molar-refractivity contribution in [2.24, 2.45) is 5.92 Å². The summed E-state index contributed by atoms with van der Waals surface area (Å²) in [6, 6.07) is 14.9. The molecule has 3 N–H and O–H groups in total. The number of hydrogen-bond acceptors (Lipinski definition) is 5. The molecule has 2 aromatic rings. The van der Waals surface area contributed by atoms with Gasteiger partial charge in [-0.3, -0.25) is 0 Å². The number of carboxylic acid groups (broad SMARTS) is 1. The molecule has 4 atom stereocenters. The number of benzene rings is 2. The van der Waals surface area contributed by atoms with Gasteiger partial charge in [-0.2, -0.15) is 0 Å². The van der Waals surface area contributed by atoms with E-state index in [9.17, 15) is 18.3 Å². The van der Waals surface area contributed by atoms with Crippen LogP contribution in [0.2, 0.25) is 0 Å². The van der Waals surface area contributed by atoms with E-state index in [1.807, 2.05) is 42.5 Å². The van der Waals surface area contributed by atoms with Gasteiger partial charge in [-0.15, -0.1) is 0 Å². The summed E-state index contributed by atoms with van der Waals surface area (Å²) < 4.78 is 33.8. The van der Waals surface area contributed by atoms with Crippen LogP contribution in [-0.2, 0) is 21.2 Å². The molecule has 0 bridgehead atoms. The third-order valence-corrected chi connectivity index (χ3v) is 7.33. The number of fused-ring (bicyclic) bond motifs is 3. The van der Waals surface area contributed by atoms with Crippen molar-refractivity contribution in [2.75, 3.05) is 12.3 Å². The SMILES string of the molecule is O=C(O)/C=C/c1cccc2c1OC1CC(O)C(CNS(=O)(=O)CCc3ccccc3)C21. The van der Waals surface area contributed by atoms with Crippen LogP contribution in [0, 0.1) is 5.92 Å². The van der Waals surface area contributed by atoms with Crippen LogP contribution in [0.15, 0.2) is 54.6 Å². The Morgan fingerprint density at radius 1 is 1.16 bits per heavy atom. The first kappa shape index (κ1) is 21.5. The molecule has 1 aliphatic carbocycles. The van der Waals surface area contributed by atoms with Gasteiger partial charge in [-0.1, -0.05) is 48.5 Å². The molecule has 1 saturated carbocycles. The van der Waals surface area contributed by atoms with Crippen molar-refractivity contribution in [1.29, 1.82) is 0 Å². The third-order valence-electron chi connectivity index (χ3n) is 5.98. The Balaban J connectivity index is 1.46. The summed E-state index contributed by atoms with van der Waals surface area (Å²) >= 11 is 0. The molecule has 8 heteroatoms. The molecule has 7 nitrogen and oxygen atoms in total. The van der Waals surface area contributed by atoms with Crippen molar-refractivity contribution in [1.82, 2.24) is 4.72 Å². The lowest BCUT2D eigenvalue weighted by molar-refractivity contribution is -0.131. The van der Waals surface area contributed by atoms with Gasteiger partial charge in [0.15, 0.2) is 0 Å². The molecule has 31 heavy (non-hydrogen) atoms. The van der Waals surface area contributed by atoms with E-state index < -0.39 is 22.1 Å². The number of aliphatic carboxylic acids is 1. The largest absolute Gasteiger partial charge is 0.489 e. The van der Waals surface area contributed by atoms with E-state index in [0.29, 0.717) is 24.2 Å². The number of carboxylic acids is 1. The second-order valence-corrected chi connectivity index (χ2v) is 9.92. The van der Waals surface area contributed by atoms with Gasteiger partial charge in [0, 0.05) is 42.0 Å². The third kappa shape index (κ3) is 4.81. The van der Waals surface area contributed by atoms with Crippen LogP contribution in [0.4, 0.5) is 0 Å². The van der Waals surface area contributed by atoms with Crippen LogP contribution in [-0.4, -0.2) is 49.1 Å². The van der Waals surface area contributed by atoms with Crippen LogP contribution in [0.3, 0.4) is 0 Å². The highest BCUT2D eigenvalue weighted by Gasteiger charge is 2.49. The number of rotatable bonds is 8. The standard InChI is InChI=1S/C23H25NO6S/c25-19-13-20-22(17-8-4-7-16(23(17)30-20)9-10-21(26)27)18(19)14-24-31(28,29)12-11-15-5-2-1-3-6-15/h1-10,18-20,22,24-25H,11-14H2,(H,26,27)/b10-9+. The van der Waals surface area contributed by atoms with Crippen LogP contribution >= 0.6 is 0 Å². The van der Waals surface area contributed by atoms with E-state index in [2.05, 4.69) is 4.72 Å². The quantitative estimate of drug-likeness (QED) is 0.539. The predicted molar refractivity (Wildman–Crippen MR) is 116 cm³/mol. The molecule has 0 amide bonds. The summed E-state index contributed by atoms with van der Waals surface area (Å²) in [6.45, 7) is 0.122. The van der Waals surface area contributed by atoms with E-state index in [0.717, 1.165) is 17.2 Å². The Morgan fingerprint density at radius 3 is 2.68 bits per heavy atom. The normalized spacial score (nSPS) is 24.7. The summed E-state index contributed by atoms with van der Waals surface area (Å²) in [7, 11) is -3.50. The minimum absolute atomic E-state index is 0.0227. The second kappa shape index (κ2) is 8.82. The fraction of sp³-hybridized carbons (Fsp3) is 0.348. The van der Waals surface area contributed by atoms with Crippen molar-refractivity contribution in [3.63, 3.8) is 0 Å². The number of sulfonamides is 1. The van der Waals surface area contributed by atoms with E-state index >= 15 is 0 Å². The molecule has 0 aromatic heterocycles. The Morgan fingerprint density at radius 2 is 1.94 bits per heavy atom. The fourth-order valence-corrected chi connectivity index (χ4v) is 5.59. The molecule has 2 aliphatic rings. The molecule has 164 valence electrons. The molecule has 1 fully saturated rings. The minimum Gasteiger partial charge on any atom is -0.489 e. The van der Waals surface area contributed by atoms with Crippen molar-refractivity contribution in [2.45, 2.75) is 31.0 Å². The molecular weight excluding hydrogens is 418 g/mol. The van der Waals surface area contributed by atoms with E-state index in [4.69, 9.17) is 9.84 Å². The summed E-state index contributed by atoms with van der Waals surface area (Å²) in [5, 5.41) is 19.5. The summed E-state index contributed by atoms with van der Waals surface area (Å²) in [4.78, 5) is 10.9. The van der Waals surface area contributed by atoms with Gasteiger partial charge in [-0.05, 0) is 18.1 Å². The molecule has 4 unspecified atom stereocenters. The van der Waals surface area contributed by atoms with Crippen molar-refractivity contribution in [3.05, 3.63) is 71.3 Å². The number of ether oxygens (including phenoxy) is 1. The topological polar surface area (TPSA) is 113 Å². The van der Waals surface area contributed by atoms with Crippen molar-refractivity contribution < 1.29 is 28.2 Å². The number of aliphatic hydroxyl groups is 1. The molecule has 0 saturated heterocycles. The number of para-hydroxylation sites is 1. The lowest BCUT2D eigenvalue weighted by atomic mass is 9.87. The fourth-order valence-electron chi connectivity index (χ4n) is 4.50. The average Bonchev–Trinajstić information content (AvgIpc) is 3.25. The number of hydrogen-bond donors (Lipinski definition) is 3. The van der Waals surface area contributed by atoms with Crippen LogP contribution < -0.4 is 9.46 Å². The first-order chi connectivity index (χ1) is 14.8. The molecule has 1 heterocycles. The maximum atomic E-state index is 12.5. The predicted octanol–water partition coefficient (Wildman–Crippen LogP) is 2.17. The Labute approximate surface area is 181 Å². The first-order valence-electron chi connectivity index (χ1n) is 10.2. The lowest BCUT2D eigenvalue weighted by Crippen LogP contribution is -2.36. The van der Waals surface area contributed by atoms with Gasteiger partial charge in [0.1, 0.15) is 11.9 Å². The summed E-state index contributed by atoms with van der Waals surface area (Å²) in [5.74, 6) is -0.935. The minimum atomic E-state index is -3.50. The van der Waals surface area contributed by atoms with Gasteiger partial charge in [0.25, 0.3) is 0 Å². The van der Waals surface area contributed by atoms with E-state index in [-0.39, 0.29) is 30.2 Å². The van der Waals surface area contributed by atoms with Gasteiger partial charge >= 0.3 is 5.97 Å². The highest BCUT2D eigenvalue weighted by Crippen LogP contribution is 2.51. The van der Waals surface area contributed by atoms with Gasteiger partial charge in [0.05, 0.1) is 11.9 Å². The van der Waals surface area contributed by atoms with E-state index in [1.54, 1.807) is 6.07 Å². The molecule has 1 aliphatic heterocycles. The zero-order chi connectivity index (χ0) is 22.0. The zero-order valence-electron chi connectivity index (χ0n) is 16.8. The van der Waals surface area contributed by atoms with Crippen molar-refractivity contribution in [3.8, 4) is 5.75 Å². The van der Waals surface area contributed by atoms with E-state index in [1.165, 1.54) is 6.08 Å². The first-order valence-corrected chi connectivity index (χ1v) is 11.9. The highest BCUT2D eigenvalue weighted by atomic mass is 32.2. The molecular formula is C23H25NO6S.